The normalized spacial score (nSPS) is 10.7. The van der Waals surface area contributed by atoms with Crippen molar-refractivity contribution < 1.29 is 19.7 Å². The first-order valence-corrected chi connectivity index (χ1v) is 8.20. The lowest BCUT2D eigenvalue weighted by Crippen LogP contribution is -1.98. The molecule has 0 radical (unpaired) electrons. The maximum atomic E-state index is 9.16. The Labute approximate surface area is 132 Å². The van der Waals surface area contributed by atoms with Gasteiger partial charge in [-0.2, -0.15) is 0 Å². The summed E-state index contributed by atoms with van der Waals surface area (Å²) < 4.78 is 10.7. The number of benzene rings is 2. The van der Waals surface area contributed by atoms with E-state index in [-0.39, 0.29) is 18.3 Å². The monoisotopic (exact) mass is 324 g/mol. The Bertz CT molecular complexity index is 479. The van der Waals surface area contributed by atoms with Gasteiger partial charge in [-0.15, -0.1) is 0 Å². The maximum absolute atomic E-state index is 9.16. The van der Waals surface area contributed by atoms with Crippen LogP contribution >= 0.6 is 23.5 Å². The predicted octanol–water partition coefficient (Wildman–Crippen LogP) is 3.89. The molecule has 0 aliphatic heterocycles. The van der Waals surface area contributed by atoms with Crippen LogP contribution in [0.1, 0.15) is 0 Å². The third kappa shape index (κ3) is 6.31. The minimum absolute atomic E-state index is 0.232. The second-order valence-corrected chi connectivity index (χ2v) is 6.03. The summed E-state index contributed by atoms with van der Waals surface area (Å²) in [5.41, 5.74) is 0. The van der Waals surface area contributed by atoms with Crippen molar-refractivity contribution in [3.05, 3.63) is 48.5 Å². The van der Waals surface area contributed by atoms with Crippen LogP contribution in [0.5, 0.6) is 11.5 Å². The lowest BCUT2D eigenvalue weighted by molar-refractivity contribution is -0.0164. The molecule has 0 aromatic heterocycles. The van der Waals surface area contributed by atoms with Crippen molar-refractivity contribution in [3.63, 3.8) is 0 Å². The van der Waals surface area contributed by atoms with E-state index in [1.54, 1.807) is 24.3 Å². The molecule has 0 saturated heterocycles. The Morgan fingerprint density at radius 3 is 1.43 bits per heavy atom. The quantitative estimate of drug-likeness (QED) is 0.436. The van der Waals surface area contributed by atoms with Crippen molar-refractivity contribution in [2.45, 2.75) is 9.79 Å². The van der Waals surface area contributed by atoms with Crippen LogP contribution < -0.4 is 0 Å². The van der Waals surface area contributed by atoms with Crippen LogP contribution in [-0.2, 0) is 9.47 Å². The van der Waals surface area contributed by atoms with E-state index in [1.165, 1.54) is 23.5 Å². The van der Waals surface area contributed by atoms with Gasteiger partial charge in [0.2, 0.25) is 0 Å². The largest absolute Gasteiger partial charge is 0.508 e. The molecule has 0 aliphatic rings. The third-order valence-electron chi connectivity index (χ3n) is 2.46. The molecule has 0 unspecified atom stereocenters. The molecule has 4 nitrogen and oxygen atoms in total. The van der Waals surface area contributed by atoms with E-state index in [2.05, 4.69) is 0 Å². The van der Waals surface area contributed by atoms with Crippen LogP contribution in [0, 0.1) is 0 Å². The molecule has 21 heavy (non-hydrogen) atoms. The van der Waals surface area contributed by atoms with Crippen molar-refractivity contribution in [3.8, 4) is 11.5 Å². The minimum Gasteiger partial charge on any atom is -0.508 e. The molecule has 0 fully saturated rings. The van der Waals surface area contributed by atoms with Crippen molar-refractivity contribution in [2.75, 3.05) is 18.7 Å². The van der Waals surface area contributed by atoms with Gasteiger partial charge in [0.05, 0.1) is 11.9 Å². The van der Waals surface area contributed by atoms with E-state index >= 15 is 0 Å². The minimum atomic E-state index is 0.232. The Morgan fingerprint density at radius 2 is 1.05 bits per heavy atom. The zero-order chi connectivity index (χ0) is 14.9. The lowest BCUT2D eigenvalue weighted by atomic mass is 10.3. The van der Waals surface area contributed by atoms with Gasteiger partial charge >= 0.3 is 0 Å². The van der Waals surface area contributed by atoms with Gasteiger partial charge in [-0.1, -0.05) is 23.5 Å². The molecule has 2 N–H and O–H groups in total. The Hall–Kier alpha value is -1.34. The molecule has 0 atom stereocenters. The van der Waals surface area contributed by atoms with Crippen LogP contribution in [0.25, 0.3) is 0 Å². The number of aromatic hydroxyl groups is 2. The molecule has 2 aromatic carbocycles. The topological polar surface area (TPSA) is 58.9 Å². The van der Waals surface area contributed by atoms with Gasteiger partial charge in [-0.3, -0.25) is 0 Å². The maximum Gasteiger partial charge on any atom is 0.149 e. The number of phenolic OH excluding ortho intramolecular Hbond substituents is 2. The summed E-state index contributed by atoms with van der Waals surface area (Å²) >= 11 is 3.07. The number of ether oxygens (including phenoxy) is 2. The van der Waals surface area contributed by atoms with Gasteiger partial charge in [0.1, 0.15) is 18.3 Å². The standard InChI is InChI=1S/C15H16O4S2/c16-12-1-5-14(6-2-12)20-10-18-9-19-11-21-15-7-3-13(17)4-8-15/h1-8,16-17H,9-11H2. The molecule has 0 aliphatic carbocycles. The average Bonchev–Trinajstić information content (AvgIpc) is 2.50. The SMILES string of the molecule is Oc1ccc(SCOCOCSc2ccc(O)cc2)cc1. The van der Waals surface area contributed by atoms with Gasteiger partial charge in [0.15, 0.2) is 0 Å². The number of rotatable bonds is 8. The smallest absolute Gasteiger partial charge is 0.149 e. The lowest BCUT2D eigenvalue weighted by Gasteiger charge is -2.06. The van der Waals surface area contributed by atoms with Gasteiger partial charge in [0.25, 0.3) is 0 Å². The molecule has 2 rings (SSSR count). The molecule has 0 saturated carbocycles. The summed E-state index contributed by atoms with van der Waals surface area (Å²) in [6, 6.07) is 13.9. The van der Waals surface area contributed by atoms with Crippen LogP contribution in [0.2, 0.25) is 0 Å². The first-order chi connectivity index (χ1) is 10.2. The number of hydrogen-bond donors (Lipinski definition) is 2. The molecule has 6 heteroatoms. The number of thioether (sulfide) groups is 2. The zero-order valence-electron chi connectivity index (χ0n) is 11.3. The van der Waals surface area contributed by atoms with Crippen molar-refractivity contribution >= 4 is 23.5 Å². The molecule has 2 aromatic rings. The highest BCUT2D eigenvalue weighted by atomic mass is 32.2. The van der Waals surface area contributed by atoms with Crippen LogP contribution in [0.15, 0.2) is 58.3 Å². The van der Waals surface area contributed by atoms with Crippen LogP contribution in [-0.4, -0.2) is 28.9 Å². The molecular weight excluding hydrogens is 308 g/mol. The second kappa shape index (κ2) is 8.84. The summed E-state index contributed by atoms with van der Waals surface area (Å²) in [5, 5.41) is 18.3. The van der Waals surface area contributed by atoms with E-state index in [0.717, 1.165) is 9.79 Å². The Kier molecular flexibility index (Phi) is 6.75. The predicted molar refractivity (Wildman–Crippen MR) is 84.7 cm³/mol. The fourth-order valence-electron chi connectivity index (χ4n) is 1.43. The van der Waals surface area contributed by atoms with Gasteiger partial charge in [0, 0.05) is 9.79 Å². The molecule has 0 amide bonds. The van der Waals surface area contributed by atoms with Crippen LogP contribution in [0.4, 0.5) is 0 Å². The molecule has 0 bridgehead atoms. The fourth-order valence-corrected chi connectivity index (χ4v) is 2.66. The molecule has 0 spiro atoms. The first-order valence-electron chi connectivity index (χ1n) is 6.23. The van der Waals surface area contributed by atoms with Gasteiger partial charge in [-0.05, 0) is 48.5 Å². The molecular formula is C15H16O4S2. The summed E-state index contributed by atoms with van der Waals surface area (Å²) in [6.07, 6.45) is 0. The summed E-state index contributed by atoms with van der Waals surface area (Å²) in [7, 11) is 0. The number of phenols is 2. The van der Waals surface area contributed by atoms with Crippen molar-refractivity contribution in [2.24, 2.45) is 0 Å². The fraction of sp³-hybridized carbons (Fsp3) is 0.200. The van der Waals surface area contributed by atoms with Crippen LogP contribution in [0.3, 0.4) is 0 Å². The van der Waals surface area contributed by atoms with Gasteiger partial charge < -0.3 is 19.7 Å². The Balaban J connectivity index is 1.52. The van der Waals surface area contributed by atoms with Gasteiger partial charge in [-0.25, -0.2) is 0 Å². The summed E-state index contributed by atoms with van der Waals surface area (Å²) in [6.45, 7) is 0.232. The average molecular weight is 324 g/mol. The van der Waals surface area contributed by atoms with E-state index in [4.69, 9.17) is 19.7 Å². The summed E-state index contributed by atoms with van der Waals surface area (Å²) in [4.78, 5) is 2.07. The summed E-state index contributed by atoms with van der Waals surface area (Å²) in [5.74, 6) is 1.51. The van der Waals surface area contributed by atoms with E-state index in [0.29, 0.717) is 11.9 Å². The number of hydrogen-bond acceptors (Lipinski definition) is 6. The first kappa shape index (κ1) is 16.0. The van der Waals surface area contributed by atoms with Crippen molar-refractivity contribution in [1.29, 1.82) is 0 Å². The second-order valence-electron chi connectivity index (χ2n) is 4.04. The van der Waals surface area contributed by atoms with Crippen molar-refractivity contribution in [1.82, 2.24) is 0 Å². The highest BCUT2D eigenvalue weighted by Crippen LogP contribution is 2.22. The molecule has 0 heterocycles. The van der Waals surface area contributed by atoms with E-state index in [9.17, 15) is 0 Å². The highest BCUT2D eigenvalue weighted by Gasteiger charge is 1.96. The molecule has 112 valence electrons. The van der Waals surface area contributed by atoms with E-state index in [1.807, 2.05) is 24.3 Å². The van der Waals surface area contributed by atoms with E-state index < -0.39 is 0 Å². The third-order valence-corrected chi connectivity index (χ3v) is 4.24. The highest BCUT2D eigenvalue weighted by molar-refractivity contribution is 7.99. The zero-order valence-corrected chi connectivity index (χ0v) is 12.9. The Morgan fingerprint density at radius 1 is 0.667 bits per heavy atom.